The summed E-state index contributed by atoms with van der Waals surface area (Å²) in [5, 5.41) is 16.6. The van der Waals surface area contributed by atoms with Crippen molar-refractivity contribution in [3.63, 3.8) is 0 Å². The molecule has 0 aromatic rings. The second-order valence-corrected chi connectivity index (χ2v) is 5.73. The smallest absolute Gasteiger partial charge is 0.321 e. The average molecular weight is 266 g/mol. The lowest BCUT2D eigenvalue weighted by Gasteiger charge is -2.21. The maximum atomic E-state index is 10.2. The van der Waals surface area contributed by atoms with Crippen molar-refractivity contribution in [1.82, 2.24) is 0 Å². The van der Waals surface area contributed by atoms with Gasteiger partial charge < -0.3 is 21.7 Å². The Morgan fingerprint density at radius 2 is 1.47 bits per heavy atom. The van der Waals surface area contributed by atoms with Crippen LogP contribution in [0.5, 0.6) is 0 Å². The number of carboxylic acid groups (broad SMARTS) is 2. The van der Waals surface area contributed by atoms with E-state index in [0.29, 0.717) is 0 Å². The van der Waals surface area contributed by atoms with Gasteiger partial charge in [-0.05, 0) is 19.8 Å². The van der Waals surface area contributed by atoms with Crippen molar-refractivity contribution in [1.29, 1.82) is 0 Å². The summed E-state index contributed by atoms with van der Waals surface area (Å²) >= 11 is 3.98. The molecule has 0 saturated heterocycles. The molecule has 0 spiro atoms. The number of hydrogen-bond donors (Lipinski definition) is 5. The summed E-state index contributed by atoms with van der Waals surface area (Å²) in [6, 6.07) is -1.61. The van der Waals surface area contributed by atoms with Crippen molar-refractivity contribution in [3.8, 4) is 0 Å². The first-order valence-corrected chi connectivity index (χ1v) is 5.55. The Hall–Kier alpha value is -0.790. The minimum Gasteiger partial charge on any atom is -0.480 e. The molecule has 0 fully saturated rings. The van der Waals surface area contributed by atoms with Crippen LogP contribution in [-0.2, 0) is 9.59 Å². The molecule has 6 nitrogen and oxygen atoms in total. The summed E-state index contributed by atoms with van der Waals surface area (Å²) in [5.74, 6) is -1.93. The molecule has 0 rings (SSSR count). The number of carbonyl (C=O) groups is 2. The zero-order chi connectivity index (χ0) is 14.4. The third-order valence-electron chi connectivity index (χ3n) is 2.03. The molecule has 0 radical (unpaired) electrons. The van der Waals surface area contributed by atoms with Gasteiger partial charge in [-0.25, -0.2) is 0 Å². The standard InChI is InChI=1S/C5H11NO2S.C5H11NO2/c1-5(2,9)3(6)4(7)8;1-3(2)4(6)5(7)8/h3,9H,6H2,1-2H3,(H,7,8);3-4H,6H2,1-2H3,(H,7,8)/t3-;4-/m01/s1. The summed E-state index contributed by atoms with van der Waals surface area (Å²) < 4.78 is -0.647. The van der Waals surface area contributed by atoms with Crippen LogP contribution in [0.3, 0.4) is 0 Å². The maximum Gasteiger partial charge on any atom is 0.321 e. The molecule has 102 valence electrons. The monoisotopic (exact) mass is 266 g/mol. The fourth-order valence-electron chi connectivity index (χ4n) is 0.587. The van der Waals surface area contributed by atoms with Gasteiger partial charge in [0.05, 0.1) is 0 Å². The fraction of sp³-hybridized carbons (Fsp3) is 0.800. The highest BCUT2D eigenvalue weighted by atomic mass is 32.1. The van der Waals surface area contributed by atoms with Crippen LogP contribution in [0.15, 0.2) is 0 Å². The zero-order valence-corrected chi connectivity index (χ0v) is 11.4. The Morgan fingerprint density at radius 1 is 1.12 bits per heavy atom. The van der Waals surface area contributed by atoms with Gasteiger partial charge in [0.15, 0.2) is 0 Å². The molecule has 0 aliphatic rings. The maximum absolute atomic E-state index is 10.2. The first kappa shape index (κ1) is 18.6. The molecule has 6 N–H and O–H groups in total. The summed E-state index contributed by atoms with van der Waals surface area (Å²) in [6.07, 6.45) is 0. The number of carboxylic acids is 2. The van der Waals surface area contributed by atoms with Gasteiger partial charge in [0.2, 0.25) is 0 Å². The number of aliphatic carboxylic acids is 2. The van der Waals surface area contributed by atoms with Crippen LogP contribution < -0.4 is 11.5 Å². The summed E-state index contributed by atoms with van der Waals surface area (Å²) in [5.41, 5.74) is 10.4. The van der Waals surface area contributed by atoms with Crippen molar-refractivity contribution in [2.45, 2.75) is 44.5 Å². The van der Waals surface area contributed by atoms with Crippen molar-refractivity contribution in [3.05, 3.63) is 0 Å². The van der Waals surface area contributed by atoms with Gasteiger partial charge in [0.25, 0.3) is 0 Å². The van der Waals surface area contributed by atoms with E-state index in [9.17, 15) is 9.59 Å². The van der Waals surface area contributed by atoms with E-state index < -0.39 is 28.8 Å². The topological polar surface area (TPSA) is 127 Å². The third kappa shape index (κ3) is 8.96. The van der Waals surface area contributed by atoms with E-state index in [2.05, 4.69) is 12.6 Å². The van der Waals surface area contributed by atoms with Crippen molar-refractivity contribution >= 4 is 24.6 Å². The number of hydrogen-bond acceptors (Lipinski definition) is 5. The van der Waals surface area contributed by atoms with Crippen LogP contribution in [0.2, 0.25) is 0 Å². The van der Waals surface area contributed by atoms with Crippen LogP contribution >= 0.6 is 12.6 Å². The van der Waals surface area contributed by atoms with E-state index in [0.717, 1.165) is 0 Å². The molecular weight excluding hydrogens is 244 g/mol. The molecule has 0 aliphatic carbocycles. The Bertz CT molecular complexity index is 264. The van der Waals surface area contributed by atoms with E-state index in [4.69, 9.17) is 21.7 Å². The summed E-state index contributed by atoms with van der Waals surface area (Å²) in [4.78, 5) is 20.2. The highest BCUT2D eigenvalue weighted by Crippen LogP contribution is 2.15. The van der Waals surface area contributed by atoms with Gasteiger partial charge in [0.1, 0.15) is 12.1 Å². The van der Waals surface area contributed by atoms with Crippen molar-refractivity contribution in [2.75, 3.05) is 0 Å². The van der Waals surface area contributed by atoms with Gasteiger partial charge in [-0.1, -0.05) is 13.8 Å². The predicted octanol–water partition coefficient (Wildman–Crippen LogP) is 0.161. The molecular formula is C10H22N2O4S. The van der Waals surface area contributed by atoms with Gasteiger partial charge in [-0.15, -0.1) is 0 Å². The Kier molecular flexibility index (Phi) is 8.21. The van der Waals surface area contributed by atoms with Gasteiger partial charge in [-0.3, -0.25) is 9.59 Å². The minimum atomic E-state index is -1.02. The van der Waals surface area contributed by atoms with Crippen LogP contribution in [0.4, 0.5) is 0 Å². The van der Waals surface area contributed by atoms with E-state index in [-0.39, 0.29) is 5.92 Å². The average Bonchev–Trinajstić information content (AvgIpc) is 2.14. The SMILES string of the molecule is CC(C)(S)[C@@H](N)C(=O)O.CC(C)[C@@H](N)C(=O)O. The molecule has 0 aromatic heterocycles. The predicted molar refractivity (Wildman–Crippen MR) is 69.1 cm³/mol. The highest BCUT2D eigenvalue weighted by Gasteiger charge is 2.27. The second-order valence-electron chi connectivity index (χ2n) is 4.58. The highest BCUT2D eigenvalue weighted by molar-refractivity contribution is 7.81. The Labute approximate surface area is 107 Å². The lowest BCUT2D eigenvalue weighted by Crippen LogP contribution is -2.45. The van der Waals surface area contributed by atoms with E-state index in [1.54, 1.807) is 27.7 Å². The van der Waals surface area contributed by atoms with E-state index in [1.165, 1.54) is 0 Å². The minimum absolute atomic E-state index is 0.0208. The number of thiol groups is 1. The van der Waals surface area contributed by atoms with Crippen LogP contribution in [0, 0.1) is 5.92 Å². The first-order valence-electron chi connectivity index (χ1n) is 5.10. The lowest BCUT2D eigenvalue weighted by atomic mass is 10.1. The molecule has 0 aliphatic heterocycles. The first-order chi connectivity index (χ1) is 7.41. The molecule has 0 amide bonds. The van der Waals surface area contributed by atoms with Crippen LogP contribution in [-0.4, -0.2) is 39.0 Å². The van der Waals surface area contributed by atoms with Crippen LogP contribution in [0.1, 0.15) is 27.7 Å². The molecule has 0 saturated carbocycles. The summed E-state index contributed by atoms with van der Waals surface area (Å²) in [7, 11) is 0. The molecule has 0 bridgehead atoms. The molecule has 2 atom stereocenters. The quantitative estimate of drug-likeness (QED) is 0.461. The molecule has 17 heavy (non-hydrogen) atoms. The zero-order valence-electron chi connectivity index (χ0n) is 10.5. The Balaban J connectivity index is 0. The largest absolute Gasteiger partial charge is 0.480 e. The van der Waals surface area contributed by atoms with Gasteiger partial charge >= 0.3 is 11.9 Å². The fourth-order valence-corrected chi connectivity index (χ4v) is 0.698. The van der Waals surface area contributed by atoms with Crippen molar-refractivity contribution in [2.24, 2.45) is 17.4 Å². The summed E-state index contributed by atoms with van der Waals surface area (Å²) in [6.45, 7) is 6.88. The van der Waals surface area contributed by atoms with Gasteiger partial charge in [-0.2, -0.15) is 12.6 Å². The Morgan fingerprint density at radius 3 is 1.47 bits per heavy atom. The molecule has 7 heteroatoms. The molecule has 0 unspecified atom stereocenters. The van der Waals surface area contributed by atoms with E-state index in [1.807, 2.05) is 0 Å². The third-order valence-corrected chi connectivity index (χ3v) is 2.31. The molecule has 0 heterocycles. The lowest BCUT2D eigenvalue weighted by molar-refractivity contribution is -0.140. The molecule has 0 aromatic carbocycles. The van der Waals surface area contributed by atoms with Crippen molar-refractivity contribution < 1.29 is 19.8 Å². The second kappa shape index (κ2) is 7.52. The van der Waals surface area contributed by atoms with Crippen LogP contribution in [0.25, 0.3) is 0 Å². The van der Waals surface area contributed by atoms with E-state index >= 15 is 0 Å². The van der Waals surface area contributed by atoms with Gasteiger partial charge in [0, 0.05) is 4.75 Å². The number of nitrogens with two attached hydrogens (primary N) is 2. The number of rotatable bonds is 4. The normalized spacial score (nSPS) is 14.6.